The van der Waals surface area contributed by atoms with E-state index in [4.69, 9.17) is 21.1 Å². The van der Waals surface area contributed by atoms with E-state index in [0.717, 1.165) is 11.3 Å². The maximum atomic E-state index is 13.1. The number of hydrogen-bond acceptors (Lipinski definition) is 9. The molecule has 14 heteroatoms. The Kier molecular flexibility index (Phi) is 11.1. The highest BCUT2D eigenvalue weighted by molar-refractivity contribution is 9.10. The summed E-state index contributed by atoms with van der Waals surface area (Å²) in [4.78, 5) is 62.3. The van der Waals surface area contributed by atoms with Crippen molar-refractivity contribution in [1.82, 2.24) is 4.90 Å². The first-order valence-corrected chi connectivity index (χ1v) is 15.2. The summed E-state index contributed by atoms with van der Waals surface area (Å²) in [7, 11) is 0. The smallest absolute Gasteiger partial charge is 0.339 e. The zero-order valence-electron chi connectivity index (χ0n) is 23.2. The Hall–Kier alpha value is -4.20. The summed E-state index contributed by atoms with van der Waals surface area (Å²) >= 11 is 10.2. The standard InChI is InChI=1S/C30H25BrClN3O8S/c1-2-3-12-42-29(38)23-15-21(7-10-24(23)32)33-27(36)16-34-28(37)26(44-30(34)39)14-19-13-20(31)6-11-25(19)43-17-18-4-8-22(9-5-18)35(40)41/h4-11,13-15H,2-3,12,16-17H2,1H3,(H,33,36)/b26-14-. The zero-order chi connectivity index (χ0) is 31.8. The molecule has 44 heavy (non-hydrogen) atoms. The molecule has 0 radical (unpaired) electrons. The lowest BCUT2D eigenvalue weighted by Gasteiger charge is -2.13. The highest BCUT2D eigenvalue weighted by atomic mass is 79.9. The van der Waals surface area contributed by atoms with Crippen LogP contribution in [0.1, 0.15) is 41.3 Å². The molecule has 0 spiro atoms. The summed E-state index contributed by atoms with van der Waals surface area (Å²) in [5, 5.41) is 13.0. The van der Waals surface area contributed by atoms with E-state index in [1.165, 1.54) is 36.4 Å². The molecule has 228 valence electrons. The molecule has 0 aromatic heterocycles. The third-order valence-corrected chi connectivity index (χ3v) is 7.91. The van der Waals surface area contributed by atoms with Gasteiger partial charge in [-0.25, -0.2) is 4.79 Å². The number of imide groups is 1. The molecule has 4 rings (SSSR count). The van der Waals surface area contributed by atoms with Gasteiger partial charge < -0.3 is 14.8 Å². The van der Waals surface area contributed by atoms with E-state index in [-0.39, 0.29) is 40.1 Å². The van der Waals surface area contributed by atoms with E-state index in [9.17, 15) is 29.3 Å². The number of nitrogens with zero attached hydrogens (tertiary/aromatic N) is 2. The van der Waals surface area contributed by atoms with Gasteiger partial charge in [0.25, 0.3) is 16.8 Å². The number of nitro benzene ring substituents is 1. The van der Waals surface area contributed by atoms with Crippen LogP contribution in [-0.4, -0.2) is 46.0 Å². The molecule has 1 fully saturated rings. The van der Waals surface area contributed by atoms with Crippen molar-refractivity contribution in [1.29, 1.82) is 0 Å². The summed E-state index contributed by atoms with van der Waals surface area (Å²) < 4.78 is 11.8. The molecule has 0 bridgehead atoms. The van der Waals surface area contributed by atoms with Gasteiger partial charge in [-0.3, -0.25) is 29.4 Å². The molecule has 1 N–H and O–H groups in total. The summed E-state index contributed by atoms with van der Waals surface area (Å²) in [6.45, 7) is 1.75. The molecule has 3 aromatic rings. The predicted molar refractivity (Wildman–Crippen MR) is 170 cm³/mol. The Morgan fingerprint density at radius 2 is 1.86 bits per heavy atom. The van der Waals surface area contributed by atoms with E-state index in [1.807, 2.05) is 6.92 Å². The van der Waals surface area contributed by atoms with Crippen LogP contribution in [0.25, 0.3) is 6.08 Å². The van der Waals surface area contributed by atoms with Crippen LogP contribution in [0.4, 0.5) is 16.2 Å². The number of amides is 3. The molecule has 1 aliphatic rings. The van der Waals surface area contributed by atoms with Gasteiger partial charge in [0.2, 0.25) is 5.91 Å². The van der Waals surface area contributed by atoms with Gasteiger partial charge in [0.15, 0.2) is 0 Å². The van der Waals surface area contributed by atoms with E-state index in [0.29, 0.717) is 39.5 Å². The Labute approximate surface area is 269 Å². The molecule has 11 nitrogen and oxygen atoms in total. The Morgan fingerprint density at radius 3 is 2.57 bits per heavy atom. The normalized spacial score (nSPS) is 13.7. The van der Waals surface area contributed by atoms with E-state index in [1.54, 1.807) is 30.3 Å². The summed E-state index contributed by atoms with van der Waals surface area (Å²) in [6.07, 6.45) is 3.04. The van der Waals surface area contributed by atoms with Gasteiger partial charge >= 0.3 is 5.97 Å². The van der Waals surface area contributed by atoms with Gasteiger partial charge in [0.1, 0.15) is 18.9 Å². The van der Waals surface area contributed by atoms with Crippen molar-refractivity contribution >= 4 is 79.8 Å². The summed E-state index contributed by atoms with van der Waals surface area (Å²) in [6, 6.07) is 15.3. The molecule has 1 heterocycles. The van der Waals surface area contributed by atoms with Gasteiger partial charge in [-0.1, -0.05) is 40.9 Å². The molecule has 3 amide bonds. The van der Waals surface area contributed by atoms with Crippen LogP contribution in [0.2, 0.25) is 5.02 Å². The fourth-order valence-electron chi connectivity index (χ4n) is 3.91. The lowest BCUT2D eigenvalue weighted by molar-refractivity contribution is -0.384. The molecule has 0 aliphatic carbocycles. The number of halogens is 2. The summed E-state index contributed by atoms with van der Waals surface area (Å²) in [5.41, 5.74) is 1.47. The van der Waals surface area contributed by atoms with Gasteiger partial charge in [-0.15, -0.1) is 0 Å². The number of benzene rings is 3. The number of non-ortho nitro benzene ring substituents is 1. The number of esters is 1. The lowest BCUT2D eigenvalue weighted by atomic mass is 10.1. The Bertz CT molecular complexity index is 1650. The minimum Gasteiger partial charge on any atom is -0.488 e. The monoisotopic (exact) mass is 701 g/mol. The minimum atomic E-state index is -0.659. The number of anilines is 1. The number of nitro groups is 1. The molecular formula is C30H25BrClN3O8S. The Balaban J connectivity index is 1.43. The van der Waals surface area contributed by atoms with Crippen LogP contribution in [0, 0.1) is 10.1 Å². The lowest BCUT2D eigenvalue weighted by Crippen LogP contribution is -2.36. The second-order valence-corrected chi connectivity index (χ2v) is 11.7. The molecule has 1 saturated heterocycles. The third-order valence-electron chi connectivity index (χ3n) is 6.18. The Morgan fingerprint density at radius 1 is 1.11 bits per heavy atom. The van der Waals surface area contributed by atoms with Crippen molar-refractivity contribution in [3.8, 4) is 5.75 Å². The van der Waals surface area contributed by atoms with Crippen LogP contribution in [-0.2, 0) is 20.9 Å². The van der Waals surface area contributed by atoms with Crippen molar-refractivity contribution in [3.05, 3.63) is 102 Å². The first kappa shape index (κ1) is 32.7. The first-order valence-electron chi connectivity index (χ1n) is 13.2. The number of thioether (sulfide) groups is 1. The highest BCUT2D eigenvalue weighted by Gasteiger charge is 2.36. The van der Waals surface area contributed by atoms with Gasteiger partial charge in [-0.2, -0.15) is 0 Å². The van der Waals surface area contributed by atoms with Crippen LogP contribution in [0.5, 0.6) is 5.75 Å². The molecule has 0 atom stereocenters. The van der Waals surface area contributed by atoms with E-state index in [2.05, 4.69) is 21.2 Å². The minimum absolute atomic E-state index is 0.0390. The average molecular weight is 703 g/mol. The topological polar surface area (TPSA) is 145 Å². The van der Waals surface area contributed by atoms with E-state index >= 15 is 0 Å². The molecule has 0 saturated carbocycles. The molecule has 3 aromatic carbocycles. The number of unbranched alkanes of at least 4 members (excludes halogenated alkanes) is 1. The maximum absolute atomic E-state index is 13.1. The van der Waals surface area contributed by atoms with Crippen molar-refractivity contribution < 1.29 is 33.6 Å². The highest BCUT2D eigenvalue weighted by Crippen LogP contribution is 2.35. The van der Waals surface area contributed by atoms with Crippen molar-refractivity contribution in [3.63, 3.8) is 0 Å². The number of rotatable bonds is 12. The van der Waals surface area contributed by atoms with Crippen LogP contribution in [0.3, 0.4) is 0 Å². The number of nitrogens with one attached hydrogen (secondary N) is 1. The SMILES string of the molecule is CCCCOC(=O)c1cc(NC(=O)CN2C(=O)S/C(=C\c3cc(Br)ccc3OCc3ccc([N+](=O)[O-])cc3)C2=O)ccc1Cl. The van der Waals surface area contributed by atoms with Gasteiger partial charge in [-0.05, 0) is 78.4 Å². The van der Waals surface area contributed by atoms with Crippen molar-refractivity contribution in [2.24, 2.45) is 0 Å². The maximum Gasteiger partial charge on any atom is 0.339 e. The first-order chi connectivity index (χ1) is 21.0. The number of hydrogen-bond donors (Lipinski definition) is 1. The number of carbonyl (C=O) groups is 4. The molecular weight excluding hydrogens is 678 g/mol. The van der Waals surface area contributed by atoms with Gasteiger partial charge in [0, 0.05) is 27.9 Å². The largest absolute Gasteiger partial charge is 0.488 e. The molecule has 1 aliphatic heterocycles. The second-order valence-electron chi connectivity index (χ2n) is 9.39. The fraction of sp³-hybridized carbons (Fsp3) is 0.200. The van der Waals surface area contributed by atoms with Crippen LogP contribution < -0.4 is 10.1 Å². The van der Waals surface area contributed by atoms with Crippen molar-refractivity contribution in [2.45, 2.75) is 26.4 Å². The summed E-state index contributed by atoms with van der Waals surface area (Å²) in [5.74, 6) is -1.54. The predicted octanol–water partition coefficient (Wildman–Crippen LogP) is 7.22. The average Bonchev–Trinajstić information content (AvgIpc) is 3.25. The quantitative estimate of drug-likeness (QED) is 0.0680. The second kappa shape index (κ2) is 15.0. The van der Waals surface area contributed by atoms with Crippen molar-refractivity contribution in [2.75, 3.05) is 18.5 Å². The van der Waals surface area contributed by atoms with E-state index < -0.39 is 34.5 Å². The van der Waals surface area contributed by atoms with Crippen LogP contribution >= 0.6 is 39.3 Å². The number of carbonyl (C=O) groups excluding carboxylic acids is 4. The zero-order valence-corrected chi connectivity index (χ0v) is 26.4. The van der Waals surface area contributed by atoms with Gasteiger partial charge in [0.05, 0.1) is 27.0 Å². The fourth-order valence-corrected chi connectivity index (χ4v) is 5.31. The molecule has 0 unspecified atom stereocenters. The van der Waals surface area contributed by atoms with Crippen LogP contribution in [0.15, 0.2) is 70.0 Å². The number of ether oxygens (including phenoxy) is 2. The third kappa shape index (κ3) is 8.46.